The summed E-state index contributed by atoms with van der Waals surface area (Å²) in [4.78, 5) is 18.1. The van der Waals surface area contributed by atoms with Crippen LogP contribution >= 0.6 is 23.2 Å². The number of nitrogens with one attached hydrogen (secondary N) is 1. The van der Waals surface area contributed by atoms with E-state index in [4.69, 9.17) is 32.9 Å². The average molecular weight is 571 g/mol. The van der Waals surface area contributed by atoms with Gasteiger partial charge in [0.25, 0.3) is 0 Å². The second-order valence-corrected chi connectivity index (χ2v) is 10.3. The monoisotopic (exact) mass is 569 g/mol. The lowest BCUT2D eigenvalue weighted by Gasteiger charge is -2.17. The van der Waals surface area contributed by atoms with Crippen LogP contribution in [0.4, 0.5) is 0 Å². The van der Waals surface area contributed by atoms with Gasteiger partial charge in [0.1, 0.15) is 18.1 Å². The second kappa shape index (κ2) is 12.4. The third-order valence-electron chi connectivity index (χ3n) is 6.61. The predicted octanol–water partition coefficient (Wildman–Crippen LogP) is 8.46. The molecule has 0 aliphatic heterocycles. The van der Waals surface area contributed by atoms with Gasteiger partial charge in [0.15, 0.2) is 0 Å². The van der Waals surface area contributed by atoms with Crippen LogP contribution in [0.15, 0.2) is 91.1 Å². The third-order valence-corrected chi connectivity index (χ3v) is 7.16. The van der Waals surface area contributed by atoms with Crippen molar-refractivity contribution in [2.75, 3.05) is 6.61 Å². The van der Waals surface area contributed by atoms with Gasteiger partial charge in [-0.3, -0.25) is 4.79 Å². The Kier molecular flexibility index (Phi) is 8.54. The van der Waals surface area contributed by atoms with Gasteiger partial charge < -0.3 is 14.6 Å². The molecule has 4 aromatic carbocycles. The molecule has 0 bridgehead atoms. The summed E-state index contributed by atoms with van der Waals surface area (Å²) in [7, 11) is 0. The molecular formula is C33H29Cl2N3O2. The number of hydrogen-bond acceptors (Lipinski definition) is 3. The number of halogens is 2. The second-order valence-electron chi connectivity index (χ2n) is 9.43. The number of hydrogen-bond donors (Lipinski definition) is 1. The van der Waals surface area contributed by atoms with E-state index in [0.29, 0.717) is 28.2 Å². The van der Waals surface area contributed by atoms with Crippen LogP contribution in [0.25, 0.3) is 34.2 Å². The minimum Gasteiger partial charge on any atom is -0.494 e. The fourth-order valence-electron chi connectivity index (χ4n) is 4.68. The summed E-state index contributed by atoms with van der Waals surface area (Å²) in [5.41, 5.74) is 3.45. The van der Waals surface area contributed by atoms with Gasteiger partial charge in [-0.1, -0.05) is 83.9 Å². The molecule has 1 atom stereocenters. The van der Waals surface area contributed by atoms with Crippen LogP contribution in [-0.4, -0.2) is 22.1 Å². The average Bonchev–Trinajstić information content (AvgIpc) is 3.34. The molecule has 5 nitrogen and oxygen atoms in total. The molecule has 5 aromatic rings. The fourth-order valence-corrected chi connectivity index (χ4v) is 5.18. The van der Waals surface area contributed by atoms with E-state index in [-0.39, 0.29) is 18.5 Å². The van der Waals surface area contributed by atoms with Crippen LogP contribution in [-0.2, 0) is 11.3 Å². The number of aromatic nitrogens is 2. The molecule has 0 radical (unpaired) electrons. The van der Waals surface area contributed by atoms with Crippen molar-refractivity contribution in [3.63, 3.8) is 0 Å². The molecular weight excluding hydrogens is 541 g/mol. The molecule has 7 heteroatoms. The Morgan fingerprint density at radius 3 is 2.55 bits per heavy atom. The summed E-state index contributed by atoms with van der Waals surface area (Å²) < 4.78 is 7.37. The highest BCUT2D eigenvalue weighted by Crippen LogP contribution is 2.30. The minimum absolute atomic E-state index is 0.0935. The van der Waals surface area contributed by atoms with E-state index in [9.17, 15) is 4.79 Å². The van der Waals surface area contributed by atoms with Crippen molar-refractivity contribution >= 4 is 52.0 Å². The number of ether oxygens (including phenoxy) is 1. The topological polar surface area (TPSA) is 56.2 Å². The third kappa shape index (κ3) is 6.39. The highest BCUT2D eigenvalue weighted by Gasteiger charge is 2.16. The molecule has 40 heavy (non-hydrogen) atoms. The van der Waals surface area contributed by atoms with E-state index in [2.05, 4.69) is 29.6 Å². The van der Waals surface area contributed by atoms with Gasteiger partial charge >= 0.3 is 0 Å². The maximum Gasteiger partial charge on any atom is 0.240 e. The van der Waals surface area contributed by atoms with Crippen molar-refractivity contribution in [2.24, 2.45) is 0 Å². The van der Waals surface area contributed by atoms with E-state index in [1.807, 2.05) is 85.3 Å². The zero-order valence-electron chi connectivity index (χ0n) is 22.3. The smallest absolute Gasteiger partial charge is 0.240 e. The van der Waals surface area contributed by atoms with E-state index >= 15 is 0 Å². The van der Waals surface area contributed by atoms with Crippen LogP contribution in [0.2, 0.25) is 10.0 Å². The number of nitrogens with zero attached hydrogens (tertiary/aromatic N) is 2. The zero-order chi connectivity index (χ0) is 28.1. The molecule has 0 spiro atoms. The van der Waals surface area contributed by atoms with Gasteiger partial charge in [0, 0.05) is 16.8 Å². The Morgan fingerprint density at radius 1 is 1.00 bits per heavy atom. The van der Waals surface area contributed by atoms with Gasteiger partial charge in [0.2, 0.25) is 5.91 Å². The largest absolute Gasteiger partial charge is 0.494 e. The van der Waals surface area contributed by atoms with Crippen molar-refractivity contribution in [3.8, 4) is 17.0 Å². The first-order valence-electron chi connectivity index (χ1n) is 13.1. The first kappa shape index (κ1) is 27.5. The normalized spacial score (nSPS) is 12.1. The predicted molar refractivity (Wildman–Crippen MR) is 165 cm³/mol. The molecule has 0 aliphatic rings. The highest BCUT2D eigenvalue weighted by atomic mass is 35.5. The summed E-state index contributed by atoms with van der Waals surface area (Å²) >= 11 is 12.6. The number of rotatable bonds is 9. The summed E-state index contributed by atoms with van der Waals surface area (Å²) in [5, 5.41) is 6.46. The maximum atomic E-state index is 13.3. The van der Waals surface area contributed by atoms with Gasteiger partial charge in [-0.05, 0) is 72.2 Å². The summed E-state index contributed by atoms with van der Waals surface area (Å²) in [5.74, 6) is 1.32. The van der Waals surface area contributed by atoms with Crippen LogP contribution < -0.4 is 10.1 Å². The van der Waals surface area contributed by atoms with Gasteiger partial charge in [-0.15, -0.1) is 0 Å². The standard InChI is InChI=1S/C33H29Cl2N3O2/c1-3-40-26-15-11-23(12-16-26)13-18-32-37-31(29-17-14-25(34)19-30(29)35)20-38(32)21-33(39)36-22(2)27-10-6-8-24-7-4-5-9-28(24)27/h4-20,22H,3,21H2,1-2H3,(H,36,39)/b18-13+. The molecule has 0 saturated heterocycles. The van der Waals surface area contributed by atoms with Gasteiger partial charge in [0.05, 0.1) is 23.4 Å². The minimum atomic E-state index is -0.171. The number of carbonyl (C=O) groups is 1. The van der Waals surface area contributed by atoms with Crippen LogP contribution in [0.3, 0.4) is 0 Å². The Bertz CT molecular complexity index is 1670. The lowest BCUT2D eigenvalue weighted by atomic mass is 10.00. The lowest BCUT2D eigenvalue weighted by Crippen LogP contribution is -2.30. The maximum absolute atomic E-state index is 13.3. The lowest BCUT2D eigenvalue weighted by molar-refractivity contribution is -0.122. The quantitative estimate of drug-likeness (QED) is 0.193. The Balaban J connectivity index is 1.41. The number of benzene rings is 4. The first-order chi connectivity index (χ1) is 19.4. The fraction of sp³-hybridized carbons (Fsp3) is 0.152. The van der Waals surface area contributed by atoms with Crippen molar-refractivity contribution in [1.82, 2.24) is 14.9 Å². The molecule has 1 heterocycles. The van der Waals surface area contributed by atoms with Crippen molar-refractivity contribution in [2.45, 2.75) is 26.4 Å². The highest BCUT2D eigenvalue weighted by molar-refractivity contribution is 6.36. The Morgan fingerprint density at radius 2 is 1.77 bits per heavy atom. The summed E-state index contributed by atoms with van der Waals surface area (Å²) in [6, 6.07) is 27.3. The van der Waals surface area contributed by atoms with E-state index in [0.717, 1.165) is 33.2 Å². The summed E-state index contributed by atoms with van der Waals surface area (Å²) in [6.45, 7) is 4.66. The van der Waals surface area contributed by atoms with Crippen molar-refractivity contribution < 1.29 is 9.53 Å². The number of amides is 1. The van der Waals surface area contributed by atoms with Crippen molar-refractivity contribution in [1.29, 1.82) is 0 Å². The summed E-state index contributed by atoms with van der Waals surface area (Å²) in [6.07, 6.45) is 5.69. The number of imidazole rings is 1. The zero-order valence-corrected chi connectivity index (χ0v) is 23.8. The van der Waals surface area contributed by atoms with E-state index in [1.54, 1.807) is 12.1 Å². The number of carbonyl (C=O) groups excluding carboxylic acids is 1. The van der Waals surface area contributed by atoms with Gasteiger partial charge in [-0.2, -0.15) is 0 Å². The molecule has 0 fully saturated rings. The number of fused-ring (bicyclic) bond motifs is 1. The van der Waals surface area contributed by atoms with Crippen LogP contribution in [0, 0.1) is 0 Å². The first-order valence-corrected chi connectivity index (χ1v) is 13.9. The molecule has 202 valence electrons. The Hall–Kier alpha value is -4.06. The van der Waals surface area contributed by atoms with E-state index in [1.165, 1.54) is 0 Å². The SMILES string of the molecule is CCOc1ccc(/C=C/c2nc(-c3ccc(Cl)cc3Cl)cn2CC(=O)NC(C)c2cccc3ccccc23)cc1. The molecule has 1 N–H and O–H groups in total. The molecule has 1 unspecified atom stereocenters. The molecule has 0 aliphatic carbocycles. The molecule has 5 rings (SSSR count). The van der Waals surface area contributed by atoms with Crippen molar-refractivity contribution in [3.05, 3.63) is 118 Å². The van der Waals surface area contributed by atoms with Gasteiger partial charge in [-0.25, -0.2) is 4.98 Å². The Labute approximate surface area is 244 Å². The van der Waals surface area contributed by atoms with Crippen LogP contribution in [0.1, 0.15) is 36.8 Å². The van der Waals surface area contributed by atoms with E-state index < -0.39 is 0 Å². The van der Waals surface area contributed by atoms with Crippen LogP contribution in [0.5, 0.6) is 5.75 Å². The molecule has 1 aromatic heterocycles. The molecule has 0 saturated carbocycles. The molecule has 1 amide bonds.